The standard InChI is InChI=1S/C15H18BrNS/c1-3-13(17-4-2)15-10-9-14(18-15)11-5-7-12(16)8-6-11/h5-10,13,17H,3-4H2,1-2H3. The van der Waals surface area contributed by atoms with E-state index in [4.69, 9.17) is 0 Å². The summed E-state index contributed by atoms with van der Waals surface area (Å²) in [5.41, 5.74) is 1.29. The highest BCUT2D eigenvalue weighted by Gasteiger charge is 2.11. The summed E-state index contributed by atoms with van der Waals surface area (Å²) in [5, 5.41) is 3.53. The molecule has 1 aromatic heterocycles. The Morgan fingerprint density at radius 1 is 1.11 bits per heavy atom. The molecule has 0 fully saturated rings. The molecule has 2 rings (SSSR count). The Balaban J connectivity index is 2.21. The largest absolute Gasteiger partial charge is 0.310 e. The highest BCUT2D eigenvalue weighted by molar-refractivity contribution is 9.10. The van der Waals surface area contributed by atoms with Gasteiger partial charge in [-0.3, -0.25) is 0 Å². The Morgan fingerprint density at radius 2 is 1.83 bits per heavy atom. The summed E-state index contributed by atoms with van der Waals surface area (Å²) in [5.74, 6) is 0. The molecular weight excluding hydrogens is 306 g/mol. The van der Waals surface area contributed by atoms with E-state index < -0.39 is 0 Å². The van der Waals surface area contributed by atoms with Gasteiger partial charge in [0.2, 0.25) is 0 Å². The van der Waals surface area contributed by atoms with E-state index in [0.29, 0.717) is 6.04 Å². The molecule has 0 saturated heterocycles. The highest BCUT2D eigenvalue weighted by Crippen LogP contribution is 2.33. The monoisotopic (exact) mass is 323 g/mol. The zero-order valence-corrected chi connectivity index (χ0v) is 13.1. The number of benzene rings is 1. The van der Waals surface area contributed by atoms with Gasteiger partial charge in [-0.2, -0.15) is 0 Å². The van der Waals surface area contributed by atoms with Gasteiger partial charge in [0.1, 0.15) is 0 Å². The van der Waals surface area contributed by atoms with Crippen LogP contribution in [-0.2, 0) is 0 Å². The molecule has 1 heterocycles. The summed E-state index contributed by atoms with van der Waals surface area (Å²) in [6.45, 7) is 5.41. The second-order valence-corrected chi connectivity index (χ2v) is 6.26. The zero-order chi connectivity index (χ0) is 13.0. The maximum absolute atomic E-state index is 3.53. The zero-order valence-electron chi connectivity index (χ0n) is 10.7. The minimum Gasteiger partial charge on any atom is -0.310 e. The van der Waals surface area contributed by atoms with Crippen LogP contribution in [0.3, 0.4) is 0 Å². The van der Waals surface area contributed by atoms with Crippen molar-refractivity contribution in [2.75, 3.05) is 6.54 Å². The van der Waals surface area contributed by atoms with E-state index in [0.717, 1.165) is 17.4 Å². The van der Waals surface area contributed by atoms with Crippen LogP contribution in [0.1, 0.15) is 31.2 Å². The Hall–Kier alpha value is -0.640. The number of thiophene rings is 1. The van der Waals surface area contributed by atoms with Gasteiger partial charge in [-0.05, 0) is 42.8 Å². The van der Waals surface area contributed by atoms with Crippen molar-refractivity contribution in [1.29, 1.82) is 0 Å². The summed E-state index contributed by atoms with van der Waals surface area (Å²) in [4.78, 5) is 2.77. The molecule has 0 saturated carbocycles. The molecule has 1 N–H and O–H groups in total. The first-order valence-corrected chi connectivity index (χ1v) is 7.94. The van der Waals surface area contributed by atoms with Crippen molar-refractivity contribution in [3.05, 3.63) is 45.7 Å². The third-order valence-electron chi connectivity index (χ3n) is 2.96. The minimum absolute atomic E-state index is 0.490. The minimum atomic E-state index is 0.490. The van der Waals surface area contributed by atoms with E-state index in [9.17, 15) is 0 Å². The van der Waals surface area contributed by atoms with Crippen LogP contribution in [0.5, 0.6) is 0 Å². The van der Waals surface area contributed by atoms with E-state index in [1.807, 2.05) is 11.3 Å². The molecule has 96 valence electrons. The lowest BCUT2D eigenvalue weighted by atomic mass is 10.1. The average molecular weight is 324 g/mol. The molecule has 0 aliphatic rings. The lowest BCUT2D eigenvalue weighted by molar-refractivity contribution is 0.545. The van der Waals surface area contributed by atoms with Crippen molar-refractivity contribution in [1.82, 2.24) is 5.32 Å². The molecule has 1 atom stereocenters. The maximum atomic E-state index is 3.53. The fraction of sp³-hybridized carbons (Fsp3) is 0.333. The van der Waals surface area contributed by atoms with Gasteiger partial charge >= 0.3 is 0 Å². The van der Waals surface area contributed by atoms with Crippen molar-refractivity contribution >= 4 is 27.3 Å². The predicted molar refractivity (Wildman–Crippen MR) is 84.2 cm³/mol. The molecule has 1 unspecified atom stereocenters. The second kappa shape index (κ2) is 6.50. The van der Waals surface area contributed by atoms with Crippen molar-refractivity contribution in [2.45, 2.75) is 26.3 Å². The van der Waals surface area contributed by atoms with Gasteiger partial charge in [0.05, 0.1) is 0 Å². The Labute approximate surface area is 121 Å². The second-order valence-electron chi connectivity index (χ2n) is 4.23. The van der Waals surface area contributed by atoms with Crippen LogP contribution in [0.4, 0.5) is 0 Å². The maximum Gasteiger partial charge on any atom is 0.0412 e. The summed E-state index contributed by atoms with van der Waals surface area (Å²) in [6, 6.07) is 13.5. The molecule has 18 heavy (non-hydrogen) atoms. The predicted octanol–water partition coefficient (Wildman–Crippen LogP) is 5.24. The van der Waals surface area contributed by atoms with Crippen molar-refractivity contribution in [2.24, 2.45) is 0 Å². The first-order valence-electron chi connectivity index (χ1n) is 6.33. The van der Waals surface area contributed by atoms with Crippen molar-refractivity contribution in [3.63, 3.8) is 0 Å². The number of hydrogen-bond acceptors (Lipinski definition) is 2. The van der Waals surface area contributed by atoms with Crippen LogP contribution in [0.25, 0.3) is 10.4 Å². The molecule has 0 radical (unpaired) electrons. The topological polar surface area (TPSA) is 12.0 Å². The van der Waals surface area contributed by atoms with E-state index in [1.165, 1.54) is 15.3 Å². The van der Waals surface area contributed by atoms with Gasteiger partial charge in [-0.1, -0.05) is 41.9 Å². The molecule has 0 aliphatic heterocycles. The number of halogens is 1. The Morgan fingerprint density at radius 3 is 2.44 bits per heavy atom. The van der Waals surface area contributed by atoms with Crippen molar-refractivity contribution < 1.29 is 0 Å². The third kappa shape index (κ3) is 3.22. The molecule has 0 amide bonds. The van der Waals surface area contributed by atoms with Crippen LogP contribution >= 0.6 is 27.3 Å². The molecule has 0 spiro atoms. The van der Waals surface area contributed by atoms with Gasteiger partial charge < -0.3 is 5.32 Å². The molecule has 0 bridgehead atoms. The van der Waals surface area contributed by atoms with Gasteiger partial charge in [0.15, 0.2) is 0 Å². The summed E-state index contributed by atoms with van der Waals surface area (Å²) in [7, 11) is 0. The SMILES string of the molecule is CCNC(CC)c1ccc(-c2ccc(Br)cc2)s1. The number of hydrogen-bond donors (Lipinski definition) is 1. The first kappa shape index (κ1) is 13.8. The molecule has 1 aromatic carbocycles. The van der Waals surface area contributed by atoms with E-state index in [2.05, 4.69) is 71.5 Å². The molecule has 0 aliphatic carbocycles. The smallest absolute Gasteiger partial charge is 0.0412 e. The number of rotatable bonds is 5. The van der Waals surface area contributed by atoms with Crippen LogP contribution in [0, 0.1) is 0 Å². The lowest BCUT2D eigenvalue weighted by Gasteiger charge is -2.13. The summed E-state index contributed by atoms with van der Waals surface area (Å²) >= 11 is 5.36. The van der Waals surface area contributed by atoms with Gasteiger partial charge in [-0.25, -0.2) is 0 Å². The first-order chi connectivity index (χ1) is 8.74. The van der Waals surface area contributed by atoms with Gasteiger partial charge in [-0.15, -0.1) is 11.3 Å². The lowest BCUT2D eigenvalue weighted by Crippen LogP contribution is -2.18. The van der Waals surface area contributed by atoms with E-state index in [-0.39, 0.29) is 0 Å². The normalized spacial score (nSPS) is 12.6. The Kier molecular flexibility index (Phi) is 4.98. The summed E-state index contributed by atoms with van der Waals surface area (Å²) in [6.07, 6.45) is 1.13. The van der Waals surface area contributed by atoms with Crippen LogP contribution in [0.2, 0.25) is 0 Å². The van der Waals surface area contributed by atoms with Crippen LogP contribution in [-0.4, -0.2) is 6.54 Å². The highest BCUT2D eigenvalue weighted by atomic mass is 79.9. The molecular formula is C15H18BrNS. The summed E-state index contributed by atoms with van der Waals surface area (Å²) < 4.78 is 1.13. The van der Waals surface area contributed by atoms with Gasteiger partial charge in [0.25, 0.3) is 0 Å². The third-order valence-corrected chi connectivity index (χ3v) is 4.73. The van der Waals surface area contributed by atoms with Crippen LogP contribution < -0.4 is 5.32 Å². The van der Waals surface area contributed by atoms with Crippen molar-refractivity contribution in [3.8, 4) is 10.4 Å². The molecule has 3 heteroatoms. The van der Waals surface area contributed by atoms with Crippen LogP contribution in [0.15, 0.2) is 40.9 Å². The molecule has 1 nitrogen and oxygen atoms in total. The molecule has 2 aromatic rings. The van der Waals surface area contributed by atoms with Gasteiger partial charge in [0, 0.05) is 20.3 Å². The quantitative estimate of drug-likeness (QED) is 0.793. The average Bonchev–Trinajstić information content (AvgIpc) is 2.86. The fourth-order valence-corrected chi connectivity index (χ4v) is 3.44. The Bertz CT molecular complexity index is 489. The van der Waals surface area contributed by atoms with E-state index >= 15 is 0 Å². The number of nitrogens with one attached hydrogen (secondary N) is 1. The van der Waals surface area contributed by atoms with E-state index in [1.54, 1.807) is 0 Å². The fourth-order valence-electron chi connectivity index (χ4n) is 2.00.